The zero-order valence-electron chi connectivity index (χ0n) is 11.5. The van der Waals surface area contributed by atoms with Crippen LogP contribution in [0.3, 0.4) is 0 Å². The summed E-state index contributed by atoms with van der Waals surface area (Å²) in [5, 5.41) is 9.96. The molecular weight excluding hydrogens is 268 g/mol. The SMILES string of the molecule is CN(C)c1ccc(/C=C(/C#N)c2ccc(Cl)cc2)cc1. The van der Waals surface area contributed by atoms with Gasteiger partial charge >= 0.3 is 0 Å². The maximum Gasteiger partial charge on any atom is 0.0998 e. The predicted molar refractivity (Wildman–Crippen MR) is 85.7 cm³/mol. The number of nitrogens with zero attached hydrogens (tertiary/aromatic N) is 2. The molecule has 20 heavy (non-hydrogen) atoms. The molecule has 0 saturated carbocycles. The highest BCUT2D eigenvalue weighted by Gasteiger charge is 2.01. The van der Waals surface area contributed by atoms with Crippen LogP contribution in [0.2, 0.25) is 5.02 Å². The predicted octanol–water partition coefficient (Wildman–Crippen LogP) is 4.47. The molecule has 0 heterocycles. The smallest absolute Gasteiger partial charge is 0.0998 e. The summed E-state index contributed by atoms with van der Waals surface area (Å²) < 4.78 is 0. The van der Waals surface area contributed by atoms with E-state index in [0.29, 0.717) is 10.6 Å². The summed E-state index contributed by atoms with van der Waals surface area (Å²) in [5.41, 5.74) is 3.63. The molecule has 2 aromatic rings. The van der Waals surface area contributed by atoms with Gasteiger partial charge in [-0.1, -0.05) is 35.9 Å². The molecule has 0 bridgehead atoms. The zero-order valence-corrected chi connectivity index (χ0v) is 12.2. The summed E-state index contributed by atoms with van der Waals surface area (Å²) in [6.07, 6.45) is 1.88. The zero-order chi connectivity index (χ0) is 14.5. The molecule has 0 N–H and O–H groups in total. The first-order valence-electron chi connectivity index (χ1n) is 6.25. The molecule has 0 saturated heterocycles. The molecule has 0 spiro atoms. The number of rotatable bonds is 3. The minimum absolute atomic E-state index is 0.624. The minimum Gasteiger partial charge on any atom is -0.378 e. The summed E-state index contributed by atoms with van der Waals surface area (Å²) in [7, 11) is 4.00. The molecule has 0 aromatic heterocycles. The Kier molecular flexibility index (Phi) is 4.45. The van der Waals surface area contributed by atoms with Crippen LogP contribution in [0.5, 0.6) is 0 Å². The van der Waals surface area contributed by atoms with Crippen LogP contribution < -0.4 is 4.90 Å². The van der Waals surface area contributed by atoms with Crippen molar-refractivity contribution < 1.29 is 0 Å². The van der Waals surface area contributed by atoms with E-state index in [1.165, 1.54) is 0 Å². The van der Waals surface area contributed by atoms with Gasteiger partial charge in [0, 0.05) is 24.8 Å². The van der Waals surface area contributed by atoms with Crippen LogP contribution in [0, 0.1) is 11.3 Å². The molecular formula is C17H15ClN2. The number of allylic oxidation sites excluding steroid dienone is 1. The highest BCUT2D eigenvalue weighted by molar-refractivity contribution is 6.30. The van der Waals surface area contributed by atoms with Crippen LogP contribution in [-0.4, -0.2) is 14.1 Å². The van der Waals surface area contributed by atoms with Crippen molar-refractivity contribution in [1.82, 2.24) is 0 Å². The second kappa shape index (κ2) is 6.27. The Labute approximate surface area is 124 Å². The van der Waals surface area contributed by atoms with Gasteiger partial charge in [0.25, 0.3) is 0 Å². The van der Waals surface area contributed by atoms with Gasteiger partial charge in [0.05, 0.1) is 11.6 Å². The molecule has 0 unspecified atom stereocenters. The van der Waals surface area contributed by atoms with Crippen molar-refractivity contribution in [2.24, 2.45) is 0 Å². The van der Waals surface area contributed by atoms with Crippen molar-refractivity contribution in [3.8, 4) is 6.07 Å². The van der Waals surface area contributed by atoms with Crippen molar-refractivity contribution in [2.75, 3.05) is 19.0 Å². The second-order valence-electron chi connectivity index (χ2n) is 4.66. The molecule has 2 rings (SSSR count). The Morgan fingerprint density at radius 3 is 2.15 bits per heavy atom. The fourth-order valence-electron chi connectivity index (χ4n) is 1.84. The van der Waals surface area contributed by atoms with Crippen LogP contribution >= 0.6 is 11.6 Å². The quantitative estimate of drug-likeness (QED) is 0.613. The summed E-state index contributed by atoms with van der Waals surface area (Å²) >= 11 is 5.86. The fourth-order valence-corrected chi connectivity index (χ4v) is 1.97. The molecule has 0 radical (unpaired) electrons. The van der Waals surface area contributed by atoms with Crippen LogP contribution in [0.25, 0.3) is 11.6 Å². The van der Waals surface area contributed by atoms with Crippen molar-refractivity contribution in [1.29, 1.82) is 5.26 Å². The van der Waals surface area contributed by atoms with Gasteiger partial charge in [-0.05, 0) is 41.5 Å². The number of anilines is 1. The first-order valence-corrected chi connectivity index (χ1v) is 6.63. The van der Waals surface area contributed by atoms with E-state index >= 15 is 0 Å². The van der Waals surface area contributed by atoms with Gasteiger partial charge in [0.15, 0.2) is 0 Å². The van der Waals surface area contributed by atoms with E-state index in [0.717, 1.165) is 16.8 Å². The van der Waals surface area contributed by atoms with Gasteiger partial charge < -0.3 is 4.90 Å². The highest BCUT2D eigenvalue weighted by atomic mass is 35.5. The Balaban J connectivity index is 2.31. The number of hydrogen-bond acceptors (Lipinski definition) is 2. The molecule has 0 atom stereocenters. The number of benzene rings is 2. The lowest BCUT2D eigenvalue weighted by Crippen LogP contribution is -2.07. The van der Waals surface area contributed by atoms with E-state index < -0.39 is 0 Å². The van der Waals surface area contributed by atoms with Crippen molar-refractivity contribution in [3.05, 3.63) is 64.7 Å². The monoisotopic (exact) mass is 282 g/mol. The standard InChI is InChI=1S/C17H15ClN2/c1-20(2)17-9-3-13(4-10-17)11-15(12-19)14-5-7-16(18)8-6-14/h3-11H,1-2H3/b15-11-. The highest BCUT2D eigenvalue weighted by Crippen LogP contribution is 2.21. The van der Waals surface area contributed by atoms with Crippen molar-refractivity contribution in [2.45, 2.75) is 0 Å². The first-order chi connectivity index (χ1) is 9.60. The van der Waals surface area contributed by atoms with E-state index in [9.17, 15) is 5.26 Å². The van der Waals surface area contributed by atoms with E-state index in [1.807, 2.05) is 61.5 Å². The van der Waals surface area contributed by atoms with Gasteiger partial charge in [-0.15, -0.1) is 0 Å². The van der Waals surface area contributed by atoms with Crippen LogP contribution in [-0.2, 0) is 0 Å². The third-order valence-corrected chi connectivity index (χ3v) is 3.25. The van der Waals surface area contributed by atoms with Gasteiger partial charge in [-0.2, -0.15) is 5.26 Å². The average molecular weight is 283 g/mol. The molecule has 0 aliphatic heterocycles. The Hall–Kier alpha value is -2.24. The third-order valence-electron chi connectivity index (χ3n) is 3.00. The molecule has 0 aliphatic carbocycles. The molecule has 0 amide bonds. The van der Waals surface area contributed by atoms with Gasteiger partial charge in [0.2, 0.25) is 0 Å². The molecule has 3 heteroatoms. The summed E-state index contributed by atoms with van der Waals surface area (Å²) in [5.74, 6) is 0. The van der Waals surface area contributed by atoms with Gasteiger partial charge in [-0.25, -0.2) is 0 Å². The molecule has 2 nitrogen and oxygen atoms in total. The Bertz CT molecular complexity index is 647. The van der Waals surface area contributed by atoms with E-state index in [2.05, 4.69) is 6.07 Å². The van der Waals surface area contributed by atoms with Crippen molar-refractivity contribution in [3.63, 3.8) is 0 Å². The topological polar surface area (TPSA) is 27.0 Å². The molecule has 2 aromatic carbocycles. The van der Waals surface area contributed by atoms with Crippen LogP contribution in [0.4, 0.5) is 5.69 Å². The normalized spacial score (nSPS) is 11.0. The summed E-state index contributed by atoms with van der Waals surface area (Å²) in [6, 6.07) is 17.6. The summed E-state index contributed by atoms with van der Waals surface area (Å²) in [6.45, 7) is 0. The number of nitriles is 1. The van der Waals surface area contributed by atoms with E-state index in [4.69, 9.17) is 11.6 Å². The maximum absolute atomic E-state index is 9.29. The lowest BCUT2D eigenvalue weighted by atomic mass is 10.0. The minimum atomic E-state index is 0.624. The lowest BCUT2D eigenvalue weighted by Gasteiger charge is -2.11. The summed E-state index contributed by atoms with van der Waals surface area (Å²) in [4.78, 5) is 2.04. The Morgan fingerprint density at radius 2 is 1.65 bits per heavy atom. The third kappa shape index (κ3) is 3.40. The van der Waals surface area contributed by atoms with Crippen LogP contribution in [0.15, 0.2) is 48.5 Å². The first kappa shape index (κ1) is 14.2. The average Bonchev–Trinajstić information content (AvgIpc) is 2.46. The van der Waals surface area contributed by atoms with Crippen LogP contribution in [0.1, 0.15) is 11.1 Å². The van der Waals surface area contributed by atoms with Crippen molar-refractivity contribution >= 4 is 28.9 Å². The Morgan fingerprint density at radius 1 is 1.05 bits per heavy atom. The van der Waals surface area contributed by atoms with E-state index in [1.54, 1.807) is 12.1 Å². The lowest BCUT2D eigenvalue weighted by molar-refractivity contribution is 1.13. The number of hydrogen-bond donors (Lipinski definition) is 0. The maximum atomic E-state index is 9.29. The fraction of sp³-hybridized carbons (Fsp3) is 0.118. The second-order valence-corrected chi connectivity index (χ2v) is 5.10. The number of halogens is 1. The molecule has 0 aliphatic rings. The largest absolute Gasteiger partial charge is 0.378 e. The van der Waals surface area contributed by atoms with E-state index in [-0.39, 0.29) is 0 Å². The van der Waals surface area contributed by atoms with Gasteiger partial charge in [-0.3, -0.25) is 0 Å². The molecule has 100 valence electrons. The molecule has 0 fully saturated rings. The van der Waals surface area contributed by atoms with Gasteiger partial charge in [0.1, 0.15) is 0 Å².